The Kier molecular flexibility index (Phi) is 5.32. The zero-order valence-electron chi connectivity index (χ0n) is 12.4. The number of ether oxygens (including phenoxy) is 4. The lowest BCUT2D eigenvalue weighted by Crippen LogP contribution is -2.10. The fraction of sp³-hybridized carbons (Fsp3) is 0.467. The maximum absolute atomic E-state index is 12.5. The molecule has 2 rings (SSSR count). The minimum atomic E-state index is -0.537. The Morgan fingerprint density at radius 1 is 1.45 bits per heavy atom. The molecule has 0 spiro atoms. The van der Waals surface area contributed by atoms with Crippen LogP contribution in [-0.4, -0.2) is 38.9 Å². The van der Waals surface area contributed by atoms with Crippen LogP contribution in [0, 0.1) is 0 Å². The number of methoxy groups -OCH3 is 1. The second kappa shape index (κ2) is 7.22. The Labute approximate surface area is 127 Å². The molecule has 0 N–H and O–H groups in total. The van der Waals surface area contributed by atoms with Crippen molar-refractivity contribution >= 4 is 11.8 Å². The first-order valence-corrected chi connectivity index (χ1v) is 6.80. The monoisotopic (exact) mass is 312 g/mol. The molecule has 0 amide bonds. The van der Waals surface area contributed by atoms with Gasteiger partial charge >= 0.3 is 5.97 Å². The molecule has 0 radical (unpaired) electrons. The van der Waals surface area contributed by atoms with Crippen molar-refractivity contribution in [1.82, 2.24) is 0 Å². The Morgan fingerprint density at radius 3 is 2.86 bits per heavy atom. The van der Waals surface area contributed by atoms with Gasteiger partial charge in [-0.15, -0.1) is 0 Å². The van der Waals surface area contributed by atoms with Gasteiger partial charge in [0.1, 0.15) is 22.8 Å². The molecule has 22 heavy (non-hydrogen) atoms. The van der Waals surface area contributed by atoms with Crippen LogP contribution in [0.5, 0.6) is 17.2 Å². The lowest BCUT2D eigenvalue weighted by molar-refractivity contribution is -0.131. The summed E-state index contributed by atoms with van der Waals surface area (Å²) in [5.74, 6) is -0.0381. The van der Waals surface area contributed by atoms with Gasteiger partial charge in [0, 0.05) is 25.7 Å². The van der Waals surface area contributed by atoms with Crippen LogP contribution in [0.2, 0.25) is 0 Å². The molecule has 0 aliphatic carbocycles. The normalized spacial score (nSPS) is 12.8. The molecule has 0 aromatic heterocycles. The molecule has 0 saturated carbocycles. The van der Waals surface area contributed by atoms with Crippen molar-refractivity contribution < 1.29 is 32.9 Å². The number of hydrogen-bond donors (Lipinski definition) is 0. The van der Waals surface area contributed by atoms with Crippen LogP contribution in [0.25, 0.3) is 0 Å². The molecule has 0 bridgehead atoms. The van der Waals surface area contributed by atoms with Gasteiger partial charge in [0.15, 0.2) is 13.4 Å². The Balaban J connectivity index is 2.53. The van der Waals surface area contributed by atoms with Gasteiger partial charge in [0.2, 0.25) is 5.78 Å². The zero-order chi connectivity index (χ0) is 16.1. The number of fused-ring (bicyclic) bond motifs is 1. The summed E-state index contributed by atoms with van der Waals surface area (Å²) in [4.78, 5) is 23.2. The van der Waals surface area contributed by atoms with Crippen LogP contribution in [-0.2, 0) is 16.0 Å². The van der Waals surface area contributed by atoms with E-state index in [1.807, 2.05) is 0 Å². The number of carbonyl (C=O) groups excluding carboxylic acids is 2. The average Bonchev–Trinajstić information content (AvgIpc) is 2.84. The van der Waals surface area contributed by atoms with E-state index in [0.717, 1.165) is 0 Å². The number of hydrogen-bond acceptors (Lipinski definition) is 6. The molecule has 1 aliphatic heterocycles. The van der Waals surface area contributed by atoms with Crippen LogP contribution >= 0.6 is 0 Å². The van der Waals surface area contributed by atoms with Gasteiger partial charge < -0.3 is 18.9 Å². The lowest BCUT2D eigenvalue weighted by atomic mass is 10.0. The van der Waals surface area contributed by atoms with E-state index in [4.69, 9.17) is 18.9 Å². The third-order valence-corrected chi connectivity index (χ3v) is 3.08. The SMILES string of the molecule is COCOc1c(CCCF)c(OC(C)=O)cc2c1C(=O)CO2. The molecule has 1 aromatic rings. The highest BCUT2D eigenvalue weighted by Gasteiger charge is 2.31. The molecule has 7 heteroatoms. The first kappa shape index (κ1) is 16.2. The molecule has 1 heterocycles. The van der Waals surface area contributed by atoms with E-state index in [1.54, 1.807) is 0 Å². The lowest BCUT2D eigenvalue weighted by Gasteiger charge is -2.17. The van der Waals surface area contributed by atoms with E-state index in [2.05, 4.69) is 0 Å². The first-order valence-electron chi connectivity index (χ1n) is 6.80. The van der Waals surface area contributed by atoms with Crippen molar-refractivity contribution in [2.45, 2.75) is 19.8 Å². The van der Waals surface area contributed by atoms with E-state index in [9.17, 15) is 14.0 Å². The van der Waals surface area contributed by atoms with E-state index in [-0.39, 0.29) is 54.8 Å². The summed E-state index contributed by atoms with van der Waals surface area (Å²) in [6.07, 6.45) is 0.476. The zero-order valence-corrected chi connectivity index (χ0v) is 12.4. The quantitative estimate of drug-likeness (QED) is 0.436. The molecule has 6 nitrogen and oxygen atoms in total. The van der Waals surface area contributed by atoms with Crippen LogP contribution in [0.1, 0.15) is 29.3 Å². The van der Waals surface area contributed by atoms with E-state index in [0.29, 0.717) is 5.56 Å². The van der Waals surface area contributed by atoms with Gasteiger partial charge in [0.25, 0.3) is 0 Å². The molecule has 0 atom stereocenters. The number of esters is 1. The van der Waals surface area contributed by atoms with Gasteiger partial charge in [-0.1, -0.05) is 0 Å². The molecule has 1 aliphatic rings. The van der Waals surface area contributed by atoms with Crippen molar-refractivity contribution in [3.63, 3.8) is 0 Å². The number of benzene rings is 1. The third kappa shape index (κ3) is 3.36. The topological polar surface area (TPSA) is 71.1 Å². The van der Waals surface area contributed by atoms with Gasteiger partial charge in [-0.05, 0) is 12.8 Å². The molecular formula is C15H17FO6. The minimum absolute atomic E-state index is 0.0914. The second-order valence-corrected chi connectivity index (χ2v) is 4.70. The van der Waals surface area contributed by atoms with Crippen molar-refractivity contribution in [1.29, 1.82) is 0 Å². The molecule has 120 valence electrons. The first-order chi connectivity index (χ1) is 10.6. The summed E-state index contributed by atoms with van der Waals surface area (Å²) in [6, 6.07) is 1.47. The highest BCUT2D eigenvalue weighted by molar-refractivity contribution is 6.05. The number of Topliss-reactive ketones (excluding diaryl/α,β-unsaturated/α-hetero) is 1. The number of halogens is 1. The van der Waals surface area contributed by atoms with E-state index < -0.39 is 12.6 Å². The van der Waals surface area contributed by atoms with Gasteiger partial charge in [-0.3, -0.25) is 14.0 Å². The van der Waals surface area contributed by atoms with Crippen molar-refractivity contribution in [3.05, 3.63) is 17.2 Å². The number of carbonyl (C=O) groups is 2. The number of ketones is 1. The van der Waals surface area contributed by atoms with E-state index in [1.165, 1.54) is 20.1 Å². The smallest absolute Gasteiger partial charge is 0.308 e. The third-order valence-electron chi connectivity index (χ3n) is 3.08. The summed E-state index contributed by atoms with van der Waals surface area (Å²) in [6.45, 7) is 0.523. The molecular weight excluding hydrogens is 295 g/mol. The number of rotatable bonds is 7. The van der Waals surface area contributed by atoms with Crippen LogP contribution in [0.3, 0.4) is 0 Å². The Hall–Kier alpha value is -2.15. The molecule has 0 saturated heterocycles. The maximum atomic E-state index is 12.5. The summed E-state index contributed by atoms with van der Waals surface area (Å²) < 4.78 is 33.3. The van der Waals surface area contributed by atoms with Crippen LogP contribution < -0.4 is 14.2 Å². The van der Waals surface area contributed by atoms with Crippen molar-refractivity contribution in [2.75, 3.05) is 27.2 Å². The van der Waals surface area contributed by atoms with Crippen LogP contribution in [0.4, 0.5) is 4.39 Å². The van der Waals surface area contributed by atoms with Crippen molar-refractivity contribution in [3.8, 4) is 17.2 Å². The fourth-order valence-electron chi connectivity index (χ4n) is 2.25. The van der Waals surface area contributed by atoms with Crippen molar-refractivity contribution in [2.24, 2.45) is 0 Å². The highest BCUT2D eigenvalue weighted by Crippen LogP contribution is 2.43. The molecule has 0 fully saturated rings. The summed E-state index contributed by atoms with van der Waals surface area (Å²) in [5.41, 5.74) is 0.740. The van der Waals surface area contributed by atoms with Gasteiger partial charge in [-0.2, -0.15) is 0 Å². The predicted octanol–water partition coefficient (Wildman–Crippen LogP) is 2.07. The highest BCUT2D eigenvalue weighted by atomic mass is 19.1. The maximum Gasteiger partial charge on any atom is 0.308 e. The fourth-order valence-corrected chi connectivity index (χ4v) is 2.25. The number of alkyl halides is 1. The Morgan fingerprint density at radius 2 is 2.23 bits per heavy atom. The second-order valence-electron chi connectivity index (χ2n) is 4.70. The van der Waals surface area contributed by atoms with Crippen LogP contribution in [0.15, 0.2) is 6.07 Å². The van der Waals surface area contributed by atoms with Gasteiger partial charge in [0.05, 0.1) is 6.67 Å². The molecule has 1 aromatic carbocycles. The summed E-state index contributed by atoms with van der Waals surface area (Å²) in [5, 5.41) is 0. The summed E-state index contributed by atoms with van der Waals surface area (Å²) >= 11 is 0. The minimum Gasteiger partial charge on any atom is -0.484 e. The largest absolute Gasteiger partial charge is 0.484 e. The van der Waals surface area contributed by atoms with E-state index >= 15 is 0 Å². The van der Waals surface area contributed by atoms with Gasteiger partial charge in [-0.25, -0.2) is 0 Å². The standard InChI is InChI=1S/C15H17FO6/c1-9(17)22-12-6-13-14(11(18)7-20-13)15(21-8-19-2)10(12)4-3-5-16/h6H,3-5,7-8H2,1-2H3. The molecule has 0 unspecified atom stereocenters. The summed E-state index contributed by atoms with van der Waals surface area (Å²) in [7, 11) is 1.44. The average molecular weight is 312 g/mol. The Bertz CT molecular complexity index is 584. The predicted molar refractivity (Wildman–Crippen MR) is 74.4 cm³/mol.